The van der Waals surface area contributed by atoms with E-state index in [1.807, 2.05) is 6.92 Å². The molecule has 1 aliphatic heterocycles. The van der Waals surface area contributed by atoms with Crippen LogP contribution in [0.4, 0.5) is 0 Å². The predicted molar refractivity (Wildman–Crippen MR) is 70.6 cm³/mol. The lowest BCUT2D eigenvalue weighted by molar-refractivity contribution is 0.0692. The minimum absolute atomic E-state index is 0.0828. The van der Waals surface area contributed by atoms with Gasteiger partial charge in [-0.15, -0.1) is 0 Å². The minimum Gasteiger partial charge on any atom is -0.478 e. The van der Waals surface area contributed by atoms with Gasteiger partial charge < -0.3 is 5.11 Å². The standard InChI is InChI=1S/C13H17NO4S/c1-10-6-4-5-9-14(10)19(17,18)12-8-3-2-7-11(12)13(15)16/h2-3,7-8,10H,4-6,9H2,1H3,(H,15,16). The molecule has 1 aromatic carbocycles. The molecule has 2 rings (SSSR count). The predicted octanol–water partition coefficient (Wildman–Crippen LogP) is 1.95. The first kappa shape index (κ1) is 14.0. The van der Waals surface area contributed by atoms with E-state index < -0.39 is 16.0 Å². The fourth-order valence-electron chi connectivity index (χ4n) is 2.42. The second kappa shape index (κ2) is 5.30. The van der Waals surface area contributed by atoms with Crippen LogP contribution in [-0.2, 0) is 10.0 Å². The molecule has 0 spiro atoms. The third-order valence-electron chi connectivity index (χ3n) is 3.45. The van der Waals surface area contributed by atoms with Crippen LogP contribution in [-0.4, -0.2) is 36.4 Å². The number of hydrogen-bond donors (Lipinski definition) is 1. The van der Waals surface area contributed by atoms with Crippen LogP contribution in [0.1, 0.15) is 36.5 Å². The molecule has 104 valence electrons. The molecule has 0 amide bonds. The number of carboxylic acid groups (broad SMARTS) is 1. The molecule has 1 saturated heterocycles. The maximum absolute atomic E-state index is 12.6. The lowest BCUT2D eigenvalue weighted by atomic mass is 10.1. The Morgan fingerprint density at radius 2 is 2.00 bits per heavy atom. The first-order chi connectivity index (χ1) is 8.94. The second-order valence-electron chi connectivity index (χ2n) is 4.76. The highest BCUT2D eigenvalue weighted by Crippen LogP contribution is 2.27. The number of carbonyl (C=O) groups is 1. The molecule has 19 heavy (non-hydrogen) atoms. The maximum atomic E-state index is 12.6. The summed E-state index contributed by atoms with van der Waals surface area (Å²) in [7, 11) is -3.73. The van der Waals surface area contributed by atoms with Crippen molar-refractivity contribution in [1.29, 1.82) is 0 Å². The van der Waals surface area contributed by atoms with Crippen molar-refractivity contribution in [3.8, 4) is 0 Å². The largest absolute Gasteiger partial charge is 0.478 e. The van der Waals surface area contributed by atoms with Crippen LogP contribution in [0.25, 0.3) is 0 Å². The molecule has 1 atom stereocenters. The number of benzene rings is 1. The van der Waals surface area contributed by atoms with Crippen LogP contribution in [0.5, 0.6) is 0 Å². The number of nitrogens with zero attached hydrogens (tertiary/aromatic N) is 1. The normalized spacial score (nSPS) is 21.2. The zero-order chi connectivity index (χ0) is 14.0. The number of sulfonamides is 1. The third kappa shape index (κ3) is 2.64. The Balaban J connectivity index is 2.47. The highest BCUT2D eigenvalue weighted by molar-refractivity contribution is 7.89. The molecule has 1 unspecified atom stereocenters. The summed E-state index contributed by atoms with van der Waals surface area (Å²) in [6.45, 7) is 2.32. The van der Waals surface area contributed by atoms with Crippen LogP contribution < -0.4 is 0 Å². The van der Waals surface area contributed by atoms with Crippen LogP contribution in [0.15, 0.2) is 29.2 Å². The lowest BCUT2D eigenvalue weighted by Gasteiger charge is -2.32. The third-order valence-corrected chi connectivity index (χ3v) is 5.52. The van der Waals surface area contributed by atoms with Gasteiger partial charge in [-0.25, -0.2) is 13.2 Å². The van der Waals surface area contributed by atoms with Gasteiger partial charge in [0.1, 0.15) is 0 Å². The monoisotopic (exact) mass is 283 g/mol. The Bertz CT molecular complexity index is 582. The summed E-state index contributed by atoms with van der Waals surface area (Å²) in [6.07, 6.45) is 2.64. The SMILES string of the molecule is CC1CCCCN1S(=O)(=O)c1ccccc1C(=O)O. The van der Waals surface area contributed by atoms with Crippen molar-refractivity contribution in [3.05, 3.63) is 29.8 Å². The van der Waals surface area contributed by atoms with Crippen molar-refractivity contribution in [2.24, 2.45) is 0 Å². The molecule has 0 radical (unpaired) electrons. The highest BCUT2D eigenvalue weighted by atomic mass is 32.2. The number of piperidine rings is 1. The molecule has 1 aromatic rings. The van der Waals surface area contributed by atoms with E-state index in [2.05, 4.69) is 0 Å². The van der Waals surface area contributed by atoms with Crippen molar-refractivity contribution < 1.29 is 18.3 Å². The smallest absolute Gasteiger partial charge is 0.337 e. The summed E-state index contributed by atoms with van der Waals surface area (Å²) in [5.74, 6) is -1.22. The van der Waals surface area contributed by atoms with Gasteiger partial charge >= 0.3 is 5.97 Å². The molecule has 0 aliphatic carbocycles. The molecular weight excluding hydrogens is 266 g/mol. The average Bonchev–Trinajstić information content (AvgIpc) is 2.39. The molecule has 0 aromatic heterocycles. The van der Waals surface area contributed by atoms with Gasteiger partial charge in [-0.1, -0.05) is 18.6 Å². The molecular formula is C13H17NO4S. The van der Waals surface area contributed by atoms with Gasteiger partial charge in [-0.3, -0.25) is 0 Å². The van der Waals surface area contributed by atoms with Gasteiger partial charge in [-0.05, 0) is 31.9 Å². The van der Waals surface area contributed by atoms with Crippen molar-refractivity contribution in [1.82, 2.24) is 4.31 Å². The highest BCUT2D eigenvalue weighted by Gasteiger charge is 2.33. The van der Waals surface area contributed by atoms with E-state index in [-0.39, 0.29) is 16.5 Å². The molecule has 6 heteroatoms. The average molecular weight is 283 g/mol. The molecule has 5 nitrogen and oxygen atoms in total. The zero-order valence-corrected chi connectivity index (χ0v) is 11.6. The fraction of sp³-hybridized carbons (Fsp3) is 0.462. The van der Waals surface area contributed by atoms with Gasteiger partial charge in [-0.2, -0.15) is 4.31 Å². The Kier molecular flexibility index (Phi) is 3.91. The molecule has 1 fully saturated rings. The van der Waals surface area contributed by atoms with E-state index in [9.17, 15) is 13.2 Å². The van der Waals surface area contributed by atoms with E-state index >= 15 is 0 Å². The van der Waals surface area contributed by atoms with Crippen LogP contribution in [0, 0.1) is 0 Å². The van der Waals surface area contributed by atoms with Gasteiger partial charge in [0, 0.05) is 12.6 Å². The summed E-state index contributed by atoms with van der Waals surface area (Å²) in [4.78, 5) is 11.0. The Morgan fingerprint density at radius 3 is 2.63 bits per heavy atom. The van der Waals surface area contributed by atoms with Crippen molar-refractivity contribution in [2.75, 3.05) is 6.54 Å². The van der Waals surface area contributed by atoms with Crippen molar-refractivity contribution in [3.63, 3.8) is 0 Å². The second-order valence-corrected chi connectivity index (χ2v) is 6.62. The summed E-state index contributed by atoms with van der Waals surface area (Å²) in [6, 6.07) is 5.68. The first-order valence-corrected chi connectivity index (χ1v) is 7.73. The van der Waals surface area contributed by atoms with Crippen molar-refractivity contribution in [2.45, 2.75) is 37.1 Å². The number of rotatable bonds is 3. The number of carboxylic acids is 1. The Hall–Kier alpha value is -1.40. The van der Waals surface area contributed by atoms with E-state index in [4.69, 9.17) is 5.11 Å². The Labute approximate surface area is 112 Å². The molecule has 0 bridgehead atoms. The van der Waals surface area contributed by atoms with Crippen LogP contribution in [0.2, 0.25) is 0 Å². The molecule has 0 saturated carbocycles. The maximum Gasteiger partial charge on any atom is 0.337 e. The first-order valence-electron chi connectivity index (χ1n) is 6.29. The van der Waals surface area contributed by atoms with E-state index in [1.54, 1.807) is 6.07 Å². The quantitative estimate of drug-likeness (QED) is 0.920. The van der Waals surface area contributed by atoms with E-state index in [0.717, 1.165) is 19.3 Å². The van der Waals surface area contributed by atoms with Crippen molar-refractivity contribution >= 4 is 16.0 Å². The van der Waals surface area contributed by atoms with Gasteiger partial charge in [0.05, 0.1) is 10.5 Å². The zero-order valence-electron chi connectivity index (χ0n) is 10.7. The number of aromatic carboxylic acids is 1. The fourth-order valence-corrected chi connectivity index (χ4v) is 4.31. The topological polar surface area (TPSA) is 74.7 Å². The van der Waals surface area contributed by atoms with E-state index in [0.29, 0.717) is 6.54 Å². The Morgan fingerprint density at radius 1 is 1.32 bits per heavy atom. The van der Waals surface area contributed by atoms with Crippen LogP contribution in [0.3, 0.4) is 0 Å². The summed E-state index contributed by atoms with van der Waals surface area (Å²) in [5, 5.41) is 9.11. The summed E-state index contributed by atoms with van der Waals surface area (Å²) in [5.41, 5.74) is -0.166. The minimum atomic E-state index is -3.73. The van der Waals surface area contributed by atoms with E-state index in [1.165, 1.54) is 22.5 Å². The molecule has 1 heterocycles. The lowest BCUT2D eigenvalue weighted by Crippen LogP contribution is -2.42. The van der Waals surface area contributed by atoms with Gasteiger partial charge in [0.15, 0.2) is 0 Å². The van der Waals surface area contributed by atoms with Gasteiger partial charge in [0.2, 0.25) is 10.0 Å². The summed E-state index contributed by atoms with van der Waals surface area (Å²) < 4.78 is 26.6. The van der Waals surface area contributed by atoms with Crippen LogP contribution >= 0.6 is 0 Å². The summed E-state index contributed by atoms with van der Waals surface area (Å²) >= 11 is 0. The van der Waals surface area contributed by atoms with Gasteiger partial charge in [0.25, 0.3) is 0 Å². The number of hydrogen-bond acceptors (Lipinski definition) is 3. The molecule has 1 aliphatic rings. The molecule has 1 N–H and O–H groups in total.